The zero-order valence-corrected chi connectivity index (χ0v) is 14.7. The molecule has 2 heterocycles. The van der Waals surface area contributed by atoms with Crippen molar-refractivity contribution in [2.75, 3.05) is 0 Å². The van der Waals surface area contributed by atoms with Crippen LogP contribution in [0.25, 0.3) is 10.6 Å². The summed E-state index contributed by atoms with van der Waals surface area (Å²) in [4.78, 5) is 6.20. The molecule has 0 aliphatic rings. The van der Waals surface area contributed by atoms with E-state index in [0.717, 1.165) is 23.5 Å². The number of aromatic nitrogens is 3. The molecule has 2 aromatic heterocycles. The second-order valence-corrected chi connectivity index (χ2v) is 8.08. The minimum atomic E-state index is 0.119. The summed E-state index contributed by atoms with van der Waals surface area (Å²) in [6.45, 7) is 11.9. The maximum absolute atomic E-state index is 4.86. The predicted octanol–water partition coefficient (Wildman–Crippen LogP) is 3.63. The summed E-state index contributed by atoms with van der Waals surface area (Å²) in [5.74, 6) is 0.613. The summed E-state index contributed by atoms with van der Waals surface area (Å²) in [7, 11) is 1.94. The van der Waals surface area contributed by atoms with Crippen molar-refractivity contribution in [2.24, 2.45) is 13.0 Å². The zero-order valence-electron chi connectivity index (χ0n) is 13.9. The highest BCUT2D eigenvalue weighted by atomic mass is 32.1. The summed E-state index contributed by atoms with van der Waals surface area (Å²) in [5.41, 5.74) is 2.45. The number of thiazole rings is 1. The minimum Gasteiger partial charge on any atom is -0.307 e. The van der Waals surface area contributed by atoms with Gasteiger partial charge in [0.05, 0.1) is 11.9 Å². The number of hydrogen-bond donors (Lipinski definition) is 1. The van der Waals surface area contributed by atoms with Crippen LogP contribution in [0.1, 0.15) is 45.2 Å². The third-order valence-electron chi connectivity index (χ3n) is 3.11. The Hall–Kier alpha value is -1.20. The highest BCUT2D eigenvalue weighted by Crippen LogP contribution is 2.29. The van der Waals surface area contributed by atoms with Crippen molar-refractivity contribution in [3.63, 3.8) is 0 Å². The third kappa shape index (κ3) is 4.64. The molecule has 0 saturated heterocycles. The summed E-state index contributed by atoms with van der Waals surface area (Å²) in [5, 5.41) is 8.89. The number of aryl methyl sites for hydroxylation is 1. The normalized spacial score (nSPS) is 12.3. The van der Waals surface area contributed by atoms with Gasteiger partial charge in [0.2, 0.25) is 0 Å². The van der Waals surface area contributed by atoms with Gasteiger partial charge in [-0.1, -0.05) is 13.8 Å². The third-order valence-corrected chi connectivity index (χ3v) is 4.26. The maximum Gasteiger partial charge on any atom is 0.127 e. The fourth-order valence-corrected chi connectivity index (χ4v) is 3.07. The zero-order chi connectivity index (χ0) is 15.6. The molecule has 2 aromatic rings. The van der Waals surface area contributed by atoms with Gasteiger partial charge in [0.15, 0.2) is 0 Å². The Morgan fingerprint density at radius 3 is 2.57 bits per heavy atom. The van der Waals surface area contributed by atoms with Gasteiger partial charge in [-0.05, 0) is 33.1 Å². The van der Waals surface area contributed by atoms with E-state index >= 15 is 0 Å². The first-order valence-corrected chi connectivity index (χ1v) is 8.29. The Kier molecular flexibility index (Phi) is 4.84. The van der Waals surface area contributed by atoms with Crippen LogP contribution < -0.4 is 5.32 Å². The first-order valence-electron chi connectivity index (χ1n) is 7.47. The Bertz CT molecular complexity index is 590. The minimum absolute atomic E-state index is 0.119. The van der Waals surface area contributed by atoms with E-state index in [-0.39, 0.29) is 5.54 Å². The Balaban J connectivity index is 2.26. The molecule has 0 amide bonds. The van der Waals surface area contributed by atoms with Crippen LogP contribution in [0.2, 0.25) is 0 Å². The van der Waals surface area contributed by atoms with Crippen molar-refractivity contribution in [3.8, 4) is 10.6 Å². The van der Waals surface area contributed by atoms with Crippen LogP contribution in [0.4, 0.5) is 0 Å². The standard InChI is InChI=1S/C16H26N4S/c1-11(2)7-13-14(9-17-16(3,4)5)21-15(19-13)12-8-18-20(6)10-12/h8,10-11,17H,7,9H2,1-6H3. The number of hydrogen-bond acceptors (Lipinski definition) is 4. The van der Waals surface area contributed by atoms with Gasteiger partial charge < -0.3 is 5.32 Å². The van der Waals surface area contributed by atoms with Crippen molar-refractivity contribution < 1.29 is 0 Å². The van der Waals surface area contributed by atoms with Gasteiger partial charge in [-0.2, -0.15) is 5.10 Å². The smallest absolute Gasteiger partial charge is 0.127 e. The van der Waals surface area contributed by atoms with Gasteiger partial charge in [-0.25, -0.2) is 4.98 Å². The average molecular weight is 306 g/mol. The van der Waals surface area contributed by atoms with Gasteiger partial charge in [-0.15, -0.1) is 11.3 Å². The second kappa shape index (κ2) is 6.28. The highest BCUT2D eigenvalue weighted by Gasteiger charge is 2.17. The summed E-state index contributed by atoms with van der Waals surface area (Å²) in [6, 6.07) is 0. The van der Waals surface area contributed by atoms with Crippen molar-refractivity contribution in [1.82, 2.24) is 20.1 Å². The van der Waals surface area contributed by atoms with E-state index in [0.29, 0.717) is 5.92 Å². The van der Waals surface area contributed by atoms with Crippen molar-refractivity contribution in [2.45, 2.75) is 53.1 Å². The Morgan fingerprint density at radius 2 is 2.05 bits per heavy atom. The van der Waals surface area contributed by atoms with E-state index in [2.05, 4.69) is 45.0 Å². The van der Waals surface area contributed by atoms with E-state index in [1.807, 2.05) is 24.1 Å². The fourth-order valence-electron chi connectivity index (χ4n) is 2.07. The van der Waals surface area contributed by atoms with Crippen LogP contribution in [-0.4, -0.2) is 20.3 Å². The maximum atomic E-state index is 4.86. The van der Waals surface area contributed by atoms with Gasteiger partial charge in [0.25, 0.3) is 0 Å². The van der Waals surface area contributed by atoms with Crippen molar-refractivity contribution in [1.29, 1.82) is 0 Å². The Labute approximate surface area is 131 Å². The molecule has 0 saturated carbocycles. The molecule has 21 heavy (non-hydrogen) atoms. The van der Waals surface area contributed by atoms with E-state index in [4.69, 9.17) is 4.98 Å². The number of nitrogens with zero attached hydrogens (tertiary/aromatic N) is 3. The summed E-state index contributed by atoms with van der Waals surface area (Å²) in [6.07, 6.45) is 4.94. The SMILES string of the molecule is CC(C)Cc1nc(-c2cnn(C)c2)sc1CNC(C)(C)C. The molecule has 116 valence electrons. The van der Waals surface area contributed by atoms with Crippen LogP contribution in [0, 0.1) is 5.92 Å². The van der Waals surface area contributed by atoms with Crippen LogP contribution in [-0.2, 0) is 20.0 Å². The van der Waals surface area contributed by atoms with E-state index in [1.165, 1.54) is 10.6 Å². The number of nitrogens with one attached hydrogen (secondary N) is 1. The summed E-state index contributed by atoms with van der Waals surface area (Å²) < 4.78 is 1.83. The molecular weight excluding hydrogens is 280 g/mol. The first-order chi connectivity index (χ1) is 9.74. The molecular formula is C16H26N4S. The Morgan fingerprint density at radius 1 is 1.33 bits per heavy atom. The molecule has 4 nitrogen and oxygen atoms in total. The molecule has 0 unspecified atom stereocenters. The van der Waals surface area contributed by atoms with E-state index < -0.39 is 0 Å². The largest absolute Gasteiger partial charge is 0.307 e. The monoisotopic (exact) mass is 306 g/mol. The molecule has 0 fully saturated rings. The predicted molar refractivity (Wildman–Crippen MR) is 89.5 cm³/mol. The van der Waals surface area contributed by atoms with Crippen LogP contribution in [0.15, 0.2) is 12.4 Å². The van der Waals surface area contributed by atoms with Gasteiger partial charge in [0.1, 0.15) is 5.01 Å². The molecule has 2 rings (SSSR count). The van der Waals surface area contributed by atoms with Crippen LogP contribution in [0.5, 0.6) is 0 Å². The lowest BCUT2D eigenvalue weighted by molar-refractivity contribution is 0.425. The molecule has 0 aromatic carbocycles. The van der Waals surface area contributed by atoms with Crippen molar-refractivity contribution >= 4 is 11.3 Å². The molecule has 0 atom stereocenters. The van der Waals surface area contributed by atoms with Crippen LogP contribution in [0.3, 0.4) is 0 Å². The first kappa shape index (κ1) is 16.2. The fraction of sp³-hybridized carbons (Fsp3) is 0.625. The molecule has 5 heteroatoms. The number of rotatable bonds is 5. The summed E-state index contributed by atoms with van der Waals surface area (Å²) >= 11 is 1.78. The molecule has 0 spiro atoms. The molecule has 0 bridgehead atoms. The van der Waals surface area contributed by atoms with Gasteiger partial charge >= 0.3 is 0 Å². The molecule has 0 radical (unpaired) electrons. The lowest BCUT2D eigenvalue weighted by Crippen LogP contribution is -2.35. The lowest BCUT2D eigenvalue weighted by Gasteiger charge is -2.20. The quantitative estimate of drug-likeness (QED) is 0.917. The van der Waals surface area contributed by atoms with Gasteiger partial charge in [0, 0.05) is 35.8 Å². The molecule has 1 N–H and O–H groups in total. The average Bonchev–Trinajstić information content (AvgIpc) is 2.91. The topological polar surface area (TPSA) is 42.7 Å². The van der Waals surface area contributed by atoms with Gasteiger partial charge in [-0.3, -0.25) is 4.68 Å². The lowest BCUT2D eigenvalue weighted by atomic mass is 10.1. The van der Waals surface area contributed by atoms with E-state index in [9.17, 15) is 0 Å². The molecule has 0 aliphatic carbocycles. The molecule has 0 aliphatic heterocycles. The highest BCUT2D eigenvalue weighted by molar-refractivity contribution is 7.15. The van der Waals surface area contributed by atoms with E-state index in [1.54, 1.807) is 11.3 Å². The second-order valence-electron chi connectivity index (χ2n) is 6.99. The van der Waals surface area contributed by atoms with Crippen molar-refractivity contribution in [3.05, 3.63) is 23.0 Å². The van der Waals surface area contributed by atoms with Crippen LogP contribution >= 0.6 is 11.3 Å².